The Balaban J connectivity index is 1.13. The zero-order valence-electron chi connectivity index (χ0n) is 31.3. The fraction of sp³-hybridized carbons (Fsp3) is 0.417. The first kappa shape index (κ1) is 35.2. The smallest absolute Gasteiger partial charge is 0.0542 e. The zero-order valence-corrected chi connectivity index (χ0v) is 32.9. The van der Waals surface area contributed by atoms with E-state index >= 15 is 0 Å². The van der Waals surface area contributed by atoms with E-state index in [1.807, 2.05) is 22.7 Å². The lowest BCUT2D eigenvalue weighted by atomic mass is 9.93. The van der Waals surface area contributed by atoms with Crippen molar-refractivity contribution in [2.24, 2.45) is 23.7 Å². The van der Waals surface area contributed by atoms with Crippen molar-refractivity contribution in [3.8, 4) is 11.1 Å². The van der Waals surface area contributed by atoms with Crippen LogP contribution in [0.4, 0.5) is 0 Å². The molecule has 7 rings (SSSR count). The van der Waals surface area contributed by atoms with E-state index in [0.29, 0.717) is 0 Å². The second kappa shape index (κ2) is 15.6. The van der Waals surface area contributed by atoms with Crippen LogP contribution in [-0.4, -0.2) is 0 Å². The predicted octanol–water partition coefficient (Wildman–Crippen LogP) is 16.0. The standard InChI is InChI=1S/C48H56S2/c1-31(2)9-7-11-33(5)13-15-35-17-20-37(21-18-35)40-24-23-39-26-28-42-46(44(39)30-40)50-47-41-27-25-38-22-19-36(29-43(38)45(41)49-48(42)47)16-14-34(6)12-8-10-32(3)4/h17-34H,7-16H2,1-6H3. The Morgan fingerprint density at radius 2 is 0.860 bits per heavy atom. The van der Waals surface area contributed by atoms with E-state index in [1.165, 1.54) is 138 Å². The SMILES string of the molecule is CC(C)CCCC(C)CCc1ccc(-c2ccc3ccc4c(sc5c6ccc7ccc(CCC(C)CCCC(C)C)cc7c6sc45)c3c2)cc1. The Morgan fingerprint density at radius 3 is 1.42 bits per heavy atom. The molecule has 0 amide bonds. The van der Waals surface area contributed by atoms with Crippen molar-refractivity contribution in [3.63, 3.8) is 0 Å². The molecule has 0 saturated carbocycles. The van der Waals surface area contributed by atoms with Gasteiger partial charge in [0.25, 0.3) is 0 Å². The predicted molar refractivity (Wildman–Crippen MR) is 228 cm³/mol. The average molecular weight is 697 g/mol. The maximum absolute atomic E-state index is 2.50. The minimum absolute atomic E-state index is 0.788. The number of rotatable bonds is 15. The molecule has 0 aliphatic heterocycles. The topological polar surface area (TPSA) is 0 Å². The van der Waals surface area contributed by atoms with Crippen molar-refractivity contribution in [3.05, 3.63) is 96.1 Å². The molecule has 0 N–H and O–H groups in total. The molecule has 0 radical (unpaired) electrons. The van der Waals surface area contributed by atoms with Gasteiger partial charge in [0.2, 0.25) is 0 Å². The summed E-state index contributed by atoms with van der Waals surface area (Å²) in [6.07, 6.45) is 13.0. The van der Waals surface area contributed by atoms with Crippen LogP contribution in [0, 0.1) is 23.7 Å². The fourth-order valence-electron chi connectivity index (χ4n) is 7.92. The van der Waals surface area contributed by atoms with Crippen molar-refractivity contribution in [1.29, 1.82) is 0 Å². The number of fused-ring (bicyclic) bond motifs is 9. The van der Waals surface area contributed by atoms with Crippen LogP contribution < -0.4 is 0 Å². The van der Waals surface area contributed by atoms with Gasteiger partial charge in [-0.1, -0.05) is 153 Å². The lowest BCUT2D eigenvalue weighted by Gasteiger charge is -2.13. The van der Waals surface area contributed by atoms with E-state index in [9.17, 15) is 0 Å². The van der Waals surface area contributed by atoms with Crippen LogP contribution >= 0.6 is 22.7 Å². The van der Waals surface area contributed by atoms with Crippen LogP contribution in [-0.2, 0) is 12.8 Å². The average Bonchev–Trinajstić information content (AvgIpc) is 3.66. The molecule has 7 aromatic rings. The Bertz CT molecular complexity index is 2210. The minimum Gasteiger partial charge on any atom is -0.133 e. The first-order chi connectivity index (χ1) is 24.2. The monoisotopic (exact) mass is 696 g/mol. The first-order valence-corrected chi connectivity index (χ1v) is 21.2. The van der Waals surface area contributed by atoms with Gasteiger partial charge < -0.3 is 0 Å². The molecule has 0 saturated heterocycles. The molecule has 0 spiro atoms. The summed E-state index contributed by atoms with van der Waals surface area (Å²) in [7, 11) is 0. The van der Waals surface area contributed by atoms with Gasteiger partial charge in [0.15, 0.2) is 0 Å². The molecule has 5 aromatic carbocycles. The molecule has 2 atom stereocenters. The molecule has 0 aliphatic rings. The van der Waals surface area contributed by atoms with Gasteiger partial charge in [-0.05, 0) is 99.9 Å². The van der Waals surface area contributed by atoms with Gasteiger partial charge in [-0.3, -0.25) is 0 Å². The van der Waals surface area contributed by atoms with Gasteiger partial charge in [-0.2, -0.15) is 0 Å². The zero-order chi connectivity index (χ0) is 34.8. The van der Waals surface area contributed by atoms with E-state index in [2.05, 4.69) is 126 Å². The lowest BCUT2D eigenvalue weighted by Crippen LogP contribution is -1.99. The van der Waals surface area contributed by atoms with Crippen LogP contribution in [0.2, 0.25) is 0 Å². The van der Waals surface area contributed by atoms with E-state index in [0.717, 1.165) is 23.7 Å². The summed E-state index contributed by atoms with van der Waals surface area (Å²) in [6.45, 7) is 14.2. The van der Waals surface area contributed by atoms with Crippen LogP contribution in [0.25, 0.3) is 62.2 Å². The van der Waals surface area contributed by atoms with Gasteiger partial charge in [-0.15, -0.1) is 22.7 Å². The Kier molecular flexibility index (Phi) is 11.0. The molecule has 50 heavy (non-hydrogen) atoms. The van der Waals surface area contributed by atoms with Gasteiger partial charge in [0.1, 0.15) is 0 Å². The molecular weight excluding hydrogens is 641 g/mol. The molecular formula is C48H56S2. The molecule has 2 unspecified atom stereocenters. The largest absolute Gasteiger partial charge is 0.133 e. The molecule has 2 heterocycles. The highest BCUT2D eigenvalue weighted by atomic mass is 32.1. The van der Waals surface area contributed by atoms with Crippen LogP contribution in [0.15, 0.2) is 84.9 Å². The normalized spacial score (nSPS) is 13.6. The highest BCUT2D eigenvalue weighted by molar-refractivity contribution is 7.37. The summed E-state index contributed by atoms with van der Waals surface area (Å²) in [4.78, 5) is 0. The van der Waals surface area contributed by atoms with Crippen molar-refractivity contribution in [2.45, 2.75) is 106 Å². The fourth-order valence-corrected chi connectivity index (χ4v) is 10.8. The van der Waals surface area contributed by atoms with Crippen molar-refractivity contribution in [1.82, 2.24) is 0 Å². The summed E-state index contributed by atoms with van der Waals surface area (Å²) in [5, 5.41) is 8.34. The molecule has 0 aliphatic carbocycles. The van der Waals surface area contributed by atoms with Gasteiger partial charge in [-0.25, -0.2) is 0 Å². The highest BCUT2D eigenvalue weighted by Crippen LogP contribution is 2.48. The third kappa shape index (κ3) is 7.83. The second-order valence-corrected chi connectivity index (χ2v) is 18.4. The van der Waals surface area contributed by atoms with E-state index in [-0.39, 0.29) is 0 Å². The quantitative estimate of drug-likeness (QED) is 0.100. The van der Waals surface area contributed by atoms with Crippen LogP contribution in [0.1, 0.15) is 104 Å². The molecule has 2 aromatic heterocycles. The van der Waals surface area contributed by atoms with Gasteiger partial charge >= 0.3 is 0 Å². The molecule has 0 nitrogen and oxygen atoms in total. The Hall–Kier alpha value is -3.20. The molecule has 0 fully saturated rings. The first-order valence-electron chi connectivity index (χ1n) is 19.6. The molecule has 0 bridgehead atoms. The lowest BCUT2D eigenvalue weighted by molar-refractivity contribution is 0.437. The van der Waals surface area contributed by atoms with Crippen molar-refractivity contribution in [2.75, 3.05) is 0 Å². The number of benzene rings is 5. The summed E-state index contributed by atoms with van der Waals surface area (Å²) < 4.78 is 5.78. The van der Waals surface area contributed by atoms with Crippen molar-refractivity contribution >= 4 is 73.8 Å². The number of aryl methyl sites for hydroxylation is 2. The number of hydrogen-bond acceptors (Lipinski definition) is 2. The maximum Gasteiger partial charge on any atom is 0.0542 e. The summed E-state index contributed by atoms with van der Waals surface area (Å²) in [6, 6.07) is 33.1. The second-order valence-electron chi connectivity index (χ2n) is 16.4. The van der Waals surface area contributed by atoms with Crippen molar-refractivity contribution < 1.29 is 0 Å². The van der Waals surface area contributed by atoms with E-state index < -0.39 is 0 Å². The Labute approximate surface area is 308 Å². The Morgan fingerprint density at radius 1 is 0.400 bits per heavy atom. The summed E-state index contributed by atoms with van der Waals surface area (Å²) >= 11 is 4.00. The van der Waals surface area contributed by atoms with Crippen LogP contribution in [0.5, 0.6) is 0 Å². The summed E-state index contributed by atoms with van der Waals surface area (Å²) in [5.74, 6) is 3.22. The van der Waals surface area contributed by atoms with Gasteiger partial charge in [0, 0.05) is 25.6 Å². The molecule has 260 valence electrons. The van der Waals surface area contributed by atoms with Crippen LogP contribution in [0.3, 0.4) is 0 Å². The molecule has 2 heteroatoms. The highest BCUT2D eigenvalue weighted by Gasteiger charge is 2.17. The number of hydrogen-bond donors (Lipinski definition) is 0. The minimum atomic E-state index is 0.788. The van der Waals surface area contributed by atoms with E-state index in [1.54, 1.807) is 0 Å². The third-order valence-corrected chi connectivity index (χ3v) is 13.9. The maximum atomic E-state index is 2.50. The summed E-state index contributed by atoms with van der Waals surface area (Å²) in [5.41, 5.74) is 5.58. The number of thiophene rings is 2. The third-order valence-electron chi connectivity index (χ3n) is 11.2. The van der Waals surface area contributed by atoms with E-state index in [4.69, 9.17) is 0 Å². The van der Waals surface area contributed by atoms with Gasteiger partial charge in [0.05, 0.1) is 9.40 Å².